The third-order valence-electron chi connectivity index (χ3n) is 4.60. The van der Waals surface area contributed by atoms with Gasteiger partial charge in [-0.2, -0.15) is 0 Å². The van der Waals surface area contributed by atoms with Crippen LogP contribution in [0.4, 0.5) is 4.39 Å². The summed E-state index contributed by atoms with van der Waals surface area (Å²) in [5.41, 5.74) is 0.971. The Morgan fingerprint density at radius 3 is 2.62 bits per heavy atom. The molecule has 0 spiro atoms. The second-order valence-electron chi connectivity index (χ2n) is 6.71. The third-order valence-corrected chi connectivity index (χ3v) is 4.60. The van der Waals surface area contributed by atoms with Crippen LogP contribution in [0.25, 0.3) is 0 Å². The SMILES string of the molecule is CCOCCN1CCC(=O)N(Cc2ccc(F)cc2)[C@@H](C(C)C)C1. The minimum Gasteiger partial charge on any atom is -0.380 e. The highest BCUT2D eigenvalue weighted by molar-refractivity contribution is 5.77. The van der Waals surface area contributed by atoms with Crippen molar-refractivity contribution in [2.45, 2.75) is 39.8 Å². The lowest BCUT2D eigenvalue weighted by Crippen LogP contribution is -2.46. The molecule has 1 atom stereocenters. The molecule has 1 aromatic rings. The zero-order valence-electron chi connectivity index (χ0n) is 15.0. The number of hydrogen-bond acceptors (Lipinski definition) is 3. The lowest BCUT2D eigenvalue weighted by atomic mass is 10.0. The Balaban J connectivity index is 2.09. The van der Waals surface area contributed by atoms with Gasteiger partial charge >= 0.3 is 0 Å². The van der Waals surface area contributed by atoms with E-state index < -0.39 is 0 Å². The van der Waals surface area contributed by atoms with Gasteiger partial charge in [0.25, 0.3) is 0 Å². The number of nitrogens with zero attached hydrogens (tertiary/aromatic N) is 2. The first kappa shape index (κ1) is 18.9. The highest BCUT2D eigenvalue weighted by Crippen LogP contribution is 2.21. The molecule has 5 heteroatoms. The molecule has 0 saturated carbocycles. The molecule has 0 bridgehead atoms. The highest BCUT2D eigenvalue weighted by Gasteiger charge is 2.31. The highest BCUT2D eigenvalue weighted by atomic mass is 19.1. The van der Waals surface area contributed by atoms with Gasteiger partial charge in [-0.25, -0.2) is 4.39 Å². The smallest absolute Gasteiger partial charge is 0.224 e. The number of halogens is 1. The first-order chi connectivity index (χ1) is 11.5. The Bertz CT molecular complexity index is 519. The van der Waals surface area contributed by atoms with E-state index in [4.69, 9.17) is 4.74 Å². The number of carbonyl (C=O) groups excluding carboxylic acids is 1. The molecule has 1 aliphatic rings. The Hall–Kier alpha value is -1.46. The number of hydrogen-bond donors (Lipinski definition) is 0. The summed E-state index contributed by atoms with van der Waals surface area (Å²) < 4.78 is 18.6. The van der Waals surface area contributed by atoms with Crippen LogP contribution < -0.4 is 0 Å². The molecule has 0 radical (unpaired) electrons. The first-order valence-corrected chi connectivity index (χ1v) is 8.85. The van der Waals surface area contributed by atoms with Crippen LogP contribution in [-0.2, 0) is 16.1 Å². The molecule has 0 unspecified atom stereocenters. The second-order valence-corrected chi connectivity index (χ2v) is 6.71. The predicted molar refractivity (Wildman–Crippen MR) is 93.1 cm³/mol. The maximum absolute atomic E-state index is 13.1. The lowest BCUT2D eigenvalue weighted by Gasteiger charge is -2.35. The first-order valence-electron chi connectivity index (χ1n) is 8.85. The molecule has 1 aliphatic heterocycles. The topological polar surface area (TPSA) is 32.8 Å². The van der Waals surface area contributed by atoms with Gasteiger partial charge in [0.05, 0.1) is 6.61 Å². The van der Waals surface area contributed by atoms with Crippen molar-refractivity contribution < 1.29 is 13.9 Å². The van der Waals surface area contributed by atoms with E-state index in [1.807, 2.05) is 11.8 Å². The van der Waals surface area contributed by atoms with E-state index in [1.165, 1.54) is 12.1 Å². The van der Waals surface area contributed by atoms with Crippen molar-refractivity contribution in [1.29, 1.82) is 0 Å². The Morgan fingerprint density at radius 2 is 2.00 bits per heavy atom. The summed E-state index contributed by atoms with van der Waals surface area (Å²) in [5.74, 6) is 0.294. The van der Waals surface area contributed by atoms with Crippen molar-refractivity contribution in [3.63, 3.8) is 0 Å². The Morgan fingerprint density at radius 1 is 1.29 bits per heavy atom. The van der Waals surface area contributed by atoms with E-state index in [2.05, 4.69) is 18.7 Å². The van der Waals surface area contributed by atoms with Crippen LogP contribution in [0.5, 0.6) is 0 Å². The molecule has 0 aliphatic carbocycles. The number of amides is 1. The molecular formula is C19H29FN2O2. The minimum absolute atomic E-state index is 0.159. The summed E-state index contributed by atoms with van der Waals surface area (Å²) in [6.45, 7) is 10.8. The molecular weight excluding hydrogens is 307 g/mol. The molecule has 2 rings (SSSR count). The van der Waals surface area contributed by atoms with E-state index in [1.54, 1.807) is 12.1 Å². The van der Waals surface area contributed by atoms with E-state index in [0.717, 1.165) is 31.8 Å². The molecule has 1 fully saturated rings. The number of benzene rings is 1. The summed E-state index contributed by atoms with van der Waals surface area (Å²) in [4.78, 5) is 17.0. The van der Waals surface area contributed by atoms with Gasteiger partial charge in [-0.15, -0.1) is 0 Å². The fourth-order valence-electron chi connectivity index (χ4n) is 3.14. The lowest BCUT2D eigenvalue weighted by molar-refractivity contribution is -0.134. The van der Waals surface area contributed by atoms with Crippen LogP contribution in [-0.4, -0.2) is 54.6 Å². The monoisotopic (exact) mass is 336 g/mol. The van der Waals surface area contributed by atoms with Crippen molar-refractivity contribution in [3.8, 4) is 0 Å². The molecule has 24 heavy (non-hydrogen) atoms. The van der Waals surface area contributed by atoms with Crippen LogP contribution in [0.3, 0.4) is 0 Å². The van der Waals surface area contributed by atoms with Gasteiger partial charge in [-0.3, -0.25) is 9.69 Å². The number of ether oxygens (including phenoxy) is 1. The average molecular weight is 336 g/mol. The molecule has 1 aromatic carbocycles. The van der Waals surface area contributed by atoms with E-state index >= 15 is 0 Å². The van der Waals surface area contributed by atoms with Gasteiger partial charge in [0.2, 0.25) is 5.91 Å². The van der Waals surface area contributed by atoms with Gasteiger partial charge < -0.3 is 9.64 Å². The molecule has 1 heterocycles. The summed E-state index contributed by atoms with van der Waals surface area (Å²) in [7, 11) is 0. The van der Waals surface area contributed by atoms with Crippen molar-refractivity contribution in [2.75, 3.05) is 32.8 Å². The standard InChI is InChI=1S/C19H29FN2O2/c1-4-24-12-11-21-10-9-19(23)22(18(14-21)15(2)3)13-16-5-7-17(20)8-6-16/h5-8,15,18H,4,9-14H2,1-3H3/t18-/m1/s1. The van der Waals surface area contributed by atoms with Crippen molar-refractivity contribution in [2.24, 2.45) is 5.92 Å². The number of rotatable bonds is 7. The van der Waals surface area contributed by atoms with Gasteiger partial charge in [0.1, 0.15) is 5.82 Å². The molecule has 4 nitrogen and oxygen atoms in total. The minimum atomic E-state index is -0.247. The van der Waals surface area contributed by atoms with Gasteiger partial charge in [-0.05, 0) is 30.5 Å². The van der Waals surface area contributed by atoms with Crippen LogP contribution in [0.1, 0.15) is 32.8 Å². The Kier molecular flexibility index (Phi) is 7.18. The zero-order valence-corrected chi connectivity index (χ0v) is 15.0. The summed E-state index contributed by atoms with van der Waals surface area (Å²) in [5, 5.41) is 0. The average Bonchev–Trinajstić information content (AvgIpc) is 2.70. The fourth-order valence-corrected chi connectivity index (χ4v) is 3.14. The van der Waals surface area contributed by atoms with E-state index in [-0.39, 0.29) is 17.8 Å². The molecule has 0 aromatic heterocycles. The van der Waals surface area contributed by atoms with Gasteiger partial charge in [0.15, 0.2) is 0 Å². The van der Waals surface area contributed by atoms with Crippen molar-refractivity contribution >= 4 is 5.91 Å². The quantitative estimate of drug-likeness (QED) is 0.718. The predicted octanol–water partition coefficient (Wildman–Crippen LogP) is 2.92. The fraction of sp³-hybridized carbons (Fsp3) is 0.632. The molecule has 134 valence electrons. The van der Waals surface area contributed by atoms with Crippen LogP contribution in [0.2, 0.25) is 0 Å². The maximum Gasteiger partial charge on any atom is 0.224 e. The largest absolute Gasteiger partial charge is 0.380 e. The van der Waals surface area contributed by atoms with Gasteiger partial charge in [0, 0.05) is 45.2 Å². The maximum atomic E-state index is 13.1. The van der Waals surface area contributed by atoms with Crippen LogP contribution >= 0.6 is 0 Å². The summed E-state index contributed by atoms with van der Waals surface area (Å²) in [6, 6.07) is 6.59. The van der Waals surface area contributed by atoms with Gasteiger partial charge in [-0.1, -0.05) is 26.0 Å². The van der Waals surface area contributed by atoms with E-state index in [0.29, 0.717) is 25.5 Å². The van der Waals surface area contributed by atoms with Crippen LogP contribution in [0, 0.1) is 11.7 Å². The normalized spacial score (nSPS) is 19.8. The molecule has 1 saturated heterocycles. The second kappa shape index (κ2) is 9.14. The van der Waals surface area contributed by atoms with Crippen LogP contribution in [0.15, 0.2) is 24.3 Å². The summed E-state index contributed by atoms with van der Waals surface area (Å²) in [6.07, 6.45) is 0.524. The zero-order chi connectivity index (χ0) is 17.5. The third kappa shape index (κ3) is 5.28. The van der Waals surface area contributed by atoms with Crippen molar-refractivity contribution in [1.82, 2.24) is 9.80 Å². The van der Waals surface area contributed by atoms with Crippen molar-refractivity contribution in [3.05, 3.63) is 35.6 Å². The molecule has 1 amide bonds. The van der Waals surface area contributed by atoms with E-state index in [9.17, 15) is 9.18 Å². The Labute approximate surface area is 144 Å². The number of carbonyl (C=O) groups is 1. The molecule has 0 N–H and O–H groups in total. The summed E-state index contributed by atoms with van der Waals surface area (Å²) >= 11 is 0.